The van der Waals surface area contributed by atoms with Crippen LogP contribution in [0.2, 0.25) is 0 Å². The van der Waals surface area contributed by atoms with Crippen molar-refractivity contribution in [2.75, 3.05) is 0 Å². The van der Waals surface area contributed by atoms with Gasteiger partial charge in [-0.05, 0) is 100 Å². The lowest BCUT2D eigenvalue weighted by Gasteiger charge is -2.31. The Morgan fingerprint density at radius 2 is 1.02 bits per heavy atom. The summed E-state index contributed by atoms with van der Waals surface area (Å²) in [5.41, 5.74) is 14.2. The minimum Gasteiger partial charge on any atom is -0.208 e. The normalized spacial score (nSPS) is 15.2. The Balaban J connectivity index is 1.25. The number of rotatable bonds is 5. The highest BCUT2D eigenvalue weighted by molar-refractivity contribution is 6.04. The Morgan fingerprint density at radius 1 is 0.467 bits per heavy atom. The molecule has 0 saturated carbocycles. The van der Waals surface area contributed by atoms with Gasteiger partial charge in [0.1, 0.15) is 0 Å². The first-order chi connectivity index (χ1) is 29.5. The molecule has 0 radical (unpaired) electrons. The number of fused-ring (bicyclic) bond motifs is 11. The molecule has 3 nitrogen and oxygen atoms in total. The molecule has 1 unspecified atom stereocenters. The van der Waals surface area contributed by atoms with Crippen LogP contribution in [0.15, 0.2) is 176 Å². The minimum absolute atomic E-state index is 0.620. The van der Waals surface area contributed by atoms with E-state index in [9.17, 15) is 0 Å². The number of benzene rings is 8. The molecule has 0 fully saturated rings. The molecule has 1 spiro atoms. The number of aromatic nitrogens is 3. The van der Waals surface area contributed by atoms with Crippen molar-refractivity contribution >= 4 is 36.1 Å². The zero-order valence-corrected chi connectivity index (χ0v) is 33.3. The molecular formula is C57H39N3. The number of hydrogen-bond acceptors (Lipinski definition) is 3. The first kappa shape index (κ1) is 35.4. The van der Waals surface area contributed by atoms with Crippen LogP contribution in [0.3, 0.4) is 0 Å². The summed E-state index contributed by atoms with van der Waals surface area (Å²) in [5, 5.41) is 6.25. The molecule has 2 aliphatic carbocycles. The van der Waals surface area contributed by atoms with Crippen molar-refractivity contribution in [2.24, 2.45) is 0 Å². The topological polar surface area (TPSA) is 38.7 Å². The van der Waals surface area contributed by atoms with Crippen LogP contribution in [0.4, 0.5) is 0 Å². The highest BCUT2D eigenvalue weighted by Crippen LogP contribution is 2.61. The largest absolute Gasteiger partial charge is 0.208 e. The van der Waals surface area contributed by atoms with E-state index in [4.69, 9.17) is 15.0 Å². The van der Waals surface area contributed by atoms with E-state index in [1.54, 1.807) is 0 Å². The second-order valence-electron chi connectivity index (χ2n) is 15.6. The third-order valence-electron chi connectivity index (χ3n) is 12.6. The van der Waals surface area contributed by atoms with Gasteiger partial charge in [-0.1, -0.05) is 196 Å². The molecular weight excluding hydrogens is 727 g/mol. The first-order valence-corrected chi connectivity index (χ1v) is 20.4. The average molecular weight is 766 g/mol. The summed E-state index contributed by atoms with van der Waals surface area (Å²) in [4.78, 5) is 15.6. The molecule has 1 atom stereocenters. The zero-order valence-electron chi connectivity index (χ0n) is 33.3. The molecule has 8 aromatic carbocycles. The van der Waals surface area contributed by atoms with Gasteiger partial charge in [-0.15, -0.1) is 0 Å². The third-order valence-corrected chi connectivity index (χ3v) is 12.6. The van der Waals surface area contributed by atoms with E-state index in [1.165, 1.54) is 44.5 Å². The second-order valence-corrected chi connectivity index (χ2v) is 15.6. The summed E-state index contributed by atoms with van der Waals surface area (Å²) in [6, 6.07) is 58.2. The van der Waals surface area contributed by atoms with Crippen molar-refractivity contribution in [1.82, 2.24) is 15.0 Å². The Kier molecular flexibility index (Phi) is 8.08. The summed E-state index contributed by atoms with van der Waals surface area (Å²) in [6.07, 6.45) is 6.20. The maximum absolute atomic E-state index is 5.29. The predicted octanol–water partition coefficient (Wildman–Crippen LogP) is 10.6. The lowest BCUT2D eigenvalue weighted by atomic mass is 9.69. The molecule has 1 aromatic heterocycles. The fourth-order valence-corrected chi connectivity index (χ4v) is 10.0. The van der Waals surface area contributed by atoms with E-state index >= 15 is 0 Å². The van der Waals surface area contributed by atoms with Crippen LogP contribution in [-0.2, 0) is 5.41 Å². The van der Waals surface area contributed by atoms with Crippen LogP contribution in [0.5, 0.6) is 0 Å². The smallest absolute Gasteiger partial charge is 0.165 e. The first-order valence-electron chi connectivity index (χ1n) is 20.4. The van der Waals surface area contributed by atoms with E-state index < -0.39 is 5.41 Å². The van der Waals surface area contributed by atoms with Crippen LogP contribution in [0, 0.1) is 0 Å². The molecule has 3 heteroatoms. The quantitative estimate of drug-likeness (QED) is 0.175. The van der Waals surface area contributed by atoms with Crippen LogP contribution >= 0.6 is 0 Å². The molecule has 9 aromatic rings. The molecule has 0 bridgehead atoms. The van der Waals surface area contributed by atoms with Gasteiger partial charge in [0.05, 0.1) is 5.41 Å². The van der Waals surface area contributed by atoms with Gasteiger partial charge in [0.25, 0.3) is 0 Å². The monoisotopic (exact) mass is 765 g/mol. The number of hydrogen-bond donors (Lipinski definition) is 0. The molecule has 0 amide bonds. The van der Waals surface area contributed by atoms with E-state index in [0.29, 0.717) is 17.5 Å². The maximum atomic E-state index is 5.29. The minimum atomic E-state index is -0.620. The van der Waals surface area contributed by atoms with Gasteiger partial charge < -0.3 is 0 Å². The Morgan fingerprint density at radius 3 is 1.70 bits per heavy atom. The Labute approximate surface area is 349 Å². The van der Waals surface area contributed by atoms with Crippen molar-refractivity contribution in [3.8, 4) is 67.5 Å². The van der Waals surface area contributed by atoms with Gasteiger partial charge in [0, 0.05) is 16.7 Å². The lowest BCUT2D eigenvalue weighted by molar-refractivity contribution is 0.785. The molecule has 0 aliphatic heterocycles. The molecule has 0 N–H and O–H groups in total. The van der Waals surface area contributed by atoms with E-state index in [2.05, 4.69) is 166 Å². The number of allylic oxidation sites excluding steroid dienone is 1. The van der Waals surface area contributed by atoms with Crippen molar-refractivity contribution < 1.29 is 0 Å². The fraction of sp³-hybridized carbons (Fsp3) is 0.0351. The molecule has 11 rings (SSSR count). The highest BCUT2D eigenvalue weighted by atomic mass is 15.0. The van der Waals surface area contributed by atoms with E-state index in [-0.39, 0.29) is 0 Å². The van der Waals surface area contributed by atoms with Gasteiger partial charge in [-0.3, -0.25) is 0 Å². The zero-order chi connectivity index (χ0) is 40.5. The molecule has 1 heterocycles. The average Bonchev–Trinajstić information content (AvgIpc) is 3.77. The van der Waals surface area contributed by atoms with Crippen molar-refractivity contribution in [1.29, 1.82) is 0 Å². The molecule has 0 saturated heterocycles. The standard InChI is InChI=1S/C57H39N3/c1-5-19-42-36(4)35(3)41(6-2)53-51(42)47-27-16-18-29-49(47)57(53)48-28-17-15-26-45(48)46-33-31-40(34-50(46)57)44-32-30-37-20-13-14-25-43(37)52(44)56-59-54(38-21-9-7-10-22-38)58-55(60-56)39-23-11-8-12-24-39/h5-34H,1,3-4H2,2H3/b41-6+,42-19+. The van der Waals surface area contributed by atoms with Gasteiger partial charge in [0.2, 0.25) is 0 Å². The van der Waals surface area contributed by atoms with Crippen LogP contribution in [0.25, 0.3) is 104 Å². The lowest BCUT2D eigenvalue weighted by Crippen LogP contribution is -2.51. The van der Waals surface area contributed by atoms with Gasteiger partial charge in [-0.25, -0.2) is 15.0 Å². The summed E-state index contributed by atoms with van der Waals surface area (Å²) in [6.45, 7) is 15.5. The summed E-state index contributed by atoms with van der Waals surface area (Å²) in [5.74, 6) is 1.89. The Hall–Kier alpha value is -7.75. The SMILES string of the molecule is C=C/C=c1/c2c(/c(=C/C)c(=C)c1=C)C1(c3ccccc3-c3ccc(-c4ccc5ccccc5c4-c4nc(-c5ccccc5)nc(-c5ccccc5)n4)cc31)c1ccccc1-2. The molecule has 282 valence electrons. The Bertz CT molecular complexity index is 3440. The molecule has 2 aliphatic rings. The highest BCUT2D eigenvalue weighted by Gasteiger charge is 2.52. The van der Waals surface area contributed by atoms with Gasteiger partial charge >= 0.3 is 0 Å². The predicted molar refractivity (Wildman–Crippen MR) is 250 cm³/mol. The summed E-state index contributed by atoms with van der Waals surface area (Å²) < 4.78 is 0. The third kappa shape index (κ3) is 4.99. The van der Waals surface area contributed by atoms with Gasteiger partial charge in [0.15, 0.2) is 17.5 Å². The fourth-order valence-electron chi connectivity index (χ4n) is 10.0. The second kappa shape index (κ2) is 13.7. The summed E-state index contributed by atoms with van der Waals surface area (Å²) >= 11 is 0. The van der Waals surface area contributed by atoms with Crippen molar-refractivity contribution in [3.05, 3.63) is 220 Å². The number of nitrogens with zero attached hydrogens (tertiary/aromatic N) is 3. The maximum Gasteiger partial charge on any atom is 0.165 e. The van der Waals surface area contributed by atoms with Gasteiger partial charge in [-0.2, -0.15) is 0 Å². The summed E-state index contributed by atoms with van der Waals surface area (Å²) in [7, 11) is 0. The van der Waals surface area contributed by atoms with Crippen molar-refractivity contribution in [2.45, 2.75) is 12.3 Å². The van der Waals surface area contributed by atoms with Crippen LogP contribution in [0.1, 0.15) is 29.2 Å². The molecule has 60 heavy (non-hydrogen) atoms. The van der Waals surface area contributed by atoms with E-state index in [1.807, 2.05) is 42.5 Å². The van der Waals surface area contributed by atoms with E-state index in [0.717, 1.165) is 59.5 Å². The van der Waals surface area contributed by atoms with Crippen LogP contribution < -0.4 is 20.9 Å². The van der Waals surface area contributed by atoms with Crippen molar-refractivity contribution in [3.63, 3.8) is 0 Å². The van der Waals surface area contributed by atoms with Crippen LogP contribution in [-0.4, -0.2) is 15.0 Å².